The molecule has 2 aliphatic rings. The van der Waals surface area contributed by atoms with Gasteiger partial charge in [-0.05, 0) is 26.4 Å². The number of nitrogens with one attached hydrogen (secondary N) is 3. The van der Waals surface area contributed by atoms with Gasteiger partial charge in [-0.15, -0.1) is 0 Å². The van der Waals surface area contributed by atoms with E-state index >= 15 is 0 Å². The van der Waals surface area contributed by atoms with E-state index in [4.69, 9.17) is 0 Å². The average Bonchev–Trinajstić information content (AvgIpc) is 2.49. The minimum Gasteiger partial charge on any atom is -0.338 e. The Labute approximate surface area is 90.6 Å². The van der Waals surface area contributed by atoms with E-state index in [1.165, 1.54) is 6.42 Å². The van der Waals surface area contributed by atoms with Crippen molar-refractivity contribution in [3.63, 3.8) is 0 Å². The standard InChI is InChI=1S/C10H20N4O/c1-14-4-2-3-9(14)13-10(15)12-7-8-5-11-6-8/h8-9,11H,2-7H2,1H3,(H2,12,13,15). The van der Waals surface area contributed by atoms with Crippen molar-refractivity contribution in [1.29, 1.82) is 0 Å². The van der Waals surface area contributed by atoms with Crippen LogP contribution < -0.4 is 16.0 Å². The minimum atomic E-state index is -0.0272. The fourth-order valence-corrected chi connectivity index (χ4v) is 2.02. The van der Waals surface area contributed by atoms with Crippen molar-refractivity contribution in [3.05, 3.63) is 0 Å². The van der Waals surface area contributed by atoms with E-state index in [-0.39, 0.29) is 12.2 Å². The zero-order valence-electron chi connectivity index (χ0n) is 9.25. The molecule has 0 aromatic carbocycles. The van der Waals surface area contributed by atoms with Crippen LogP contribution >= 0.6 is 0 Å². The summed E-state index contributed by atoms with van der Waals surface area (Å²) in [5, 5.41) is 9.09. The van der Waals surface area contributed by atoms with Gasteiger partial charge < -0.3 is 16.0 Å². The van der Waals surface area contributed by atoms with Crippen LogP contribution in [-0.2, 0) is 0 Å². The van der Waals surface area contributed by atoms with Crippen LogP contribution in [0.5, 0.6) is 0 Å². The lowest BCUT2D eigenvalue weighted by atomic mass is 10.0. The molecule has 0 aromatic rings. The molecule has 2 saturated heterocycles. The first kappa shape index (κ1) is 10.7. The lowest BCUT2D eigenvalue weighted by molar-refractivity contribution is 0.212. The smallest absolute Gasteiger partial charge is 0.316 e. The van der Waals surface area contributed by atoms with Gasteiger partial charge in [-0.1, -0.05) is 0 Å². The van der Waals surface area contributed by atoms with Gasteiger partial charge in [0.2, 0.25) is 0 Å². The molecule has 0 aliphatic carbocycles. The first-order chi connectivity index (χ1) is 7.25. The van der Waals surface area contributed by atoms with E-state index < -0.39 is 0 Å². The molecular weight excluding hydrogens is 192 g/mol. The highest BCUT2D eigenvalue weighted by Crippen LogP contribution is 2.11. The monoisotopic (exact) mass is 212 g/mol. The number of hydrogen-bond donors (Lipinski definition) is 3. The van der Waals surface area contributed by atoms with Crippen LogP contribution in [0, 0.1) is 5.92 Å². The van der Waals surface area contributed by atoms with Crippen LogP contribution in [0.2, 0.25) is 0 Å². The molecule has 5 heteroatoms. The van der Waals surface area contributed by atoms with Crippen molar-refractivity contribution in [2.24, 2.45) is 5.92 Å². The second kappa shape index (κ2) is 4.81. The maximum absolute atomic E-state index is 11.5. The Morgan fingerprint density at radius 1 is 1.53 bits per heavy atom. The van der Waals surface area contributed by atoms with Crippen LogP contribution in [0.3, 0.4) is 0 Å². The van der Waals surface area contributed by atoms with Gasteiger partial charge >= 0.3 is 6.03 Å². The number of nitrogens with zero attached hydrogens (tertiary/aromatic N) is 1. The molecule has 1 unspecified atom stereocenters. The molecule has 0 radical (unpaired) electrons. The summed E-state index contributed by atoms with van der Waals surface area (Å²) in [7, 11) is 2.05. The SMILES string of the molecule is CN1CCCC1NC(=O)NCC1CNC1. The van der Waals surface area contributed by atoms with Gasteiger partial charge in [0, 0.05) is 25.6 Å². The van der Waals surface area contributed by atoms with Gasteiger partial charge in [0.05, 0.1) is 6.17 Å². The average molecular weight is 212 g/mol. The Kier molecular flexibility index (Phi) is 3.43. The molecule has 2 amide bonds. The molecule has 2 fully saturated rings. The maximum atomic E-state index is 11.5. The highest BCUT2D eigenvalue weighted by Gasteiger charge is 2.23. The molecule has 15 heavy (non-hydrogen) atoms. The maximum Gasteiger partial charge on any atom is 0.316 e. The van der Waals surface area contributed by atoms with Gasteiger partial charge in [0.25, 0.3) is 0 Å². The summed E-state index contributed by atoms with van der Waals surface area (Å²) >= 11 is 0. The number of carbonyl (C=O) groups excluding carboxylic acids is 1. The van der Waals surface area contributed by atoms with E-state index in [0.717, 1.165) is 32.6 Å². The van der Waals surface area contributed by atoms with E-state index in [1.54, 1.807) is 0 Å². The summed E-state index contributed by atoms with van der Waals surface area (Å²) in [6.07, 6.45) is 2.47. The molecular formula is C10H20N4O. The highest BCUT2D eigenvalue weighted by atomic mass is 16.2. The summed E-state index contributed by atoms with van der Waals surface area (Å²) in [5.74, 6) is 0.622. The first-order valence-corrected chi connectivity index (χ1v) is 5.71. The van der Waals surface area contributed by atoms with Crippen molar-refractivity contribution in [2.45, 2.75) is 19.0 Å². The number of carbonyl (C=O) groups is 1. The van der Waals surface area contributed by atoms with Crippen LogP contribution in [0.1, 0.15) is 12.8 Å². The van der Waals surface area contributed by atoms with Gasteiger partial charge in [0.1, 0.15) is 0 Å². The van der Waals surface area contributed by atoms with Crippen LogP contribution in [-0.4, -0.2) is 50.3 Å². The lowest BCUT2D eigenvalue weighted by Crippen LogP contribution is -2.52. The van der Waals surface area contributed by atoms with Gasteiger partial charge in [-0.2, -0.15) is 0 Å². The molecule has 2 aliphatic heterocycles. The third-order valence-electron chi connectivity index (χ3n) is 3.24. The fourth-order valence-electron chi connectivity index (χ4n) is 2.02. The number of hydrogen-bond acceptors (Lipinski definition) is 3. The Bertz CT molecular complexity index is 229. The molecule has 0 aromatic heterocycles. The Balaban J connectivity index is 1.62. The van der Waals surface area contributed by atoms with Crippen molar-refractivity contribution in [3.8, 4) is 0 Å². The topological polar surface area (TPSA) is 56.4 Å². The third-order valence-corrected chi connectivity index (χ3v) is 3.24. The van der Waals surface area contributed by atoms with E-state index in [2.05, 4.69) is 20.9 Å². The van der Waals surface area contributed by atoms with E-state index in [0.29, 0.717) is 5.92 Å². The molecule has 0 spiro atoms. The normalized spacial score (nSPS) is 27.4. The zero-order chi connectivity index (χ0) is 10.7. The summed E-state index contributed by atoms with van der Waals surface area (Å²) < 4.78 is 0. The van der Waals surface area contributed by atoms with Crippen LogP contribution in [0.25, 0.3) is 0 Å². The van der Waals surface area contributed by atoms with Crippen molar-refractivity contribution in [2.75, 3.05) is 33.2 Å². The van der Waals surface area contributed by atoms with Crippen LogP contribution in [0.4, 0.5) is 4.79 Å². The molecule has 86 valence electrons. The van der Waals surface area contributed by atoms with Crippen molar-refractivity contribution >= 4 is 6.03 Å². The third kappa shape index (κ3) is 2.82. The number of amides is 2. The Hall–Kier alpha value is -0.810. The van der Waals surface area contributed by atoms with Gasteiger partial charge in [-0.3, -0.25) is 4.90 Å². The summed E-state index contributed by atoms with van der Waals surface area (Å²) in [6, 6.07) is -0.0272. The van der Waals surface area contributed by atoms with Crippen LogP contribution in [0.15, 0.2) is 0 Å². The largest absolute Gasteiger partial charge is 0.338 e. The quantitative estimate of drug-likeness (QED) is 0.594. The molecule has 2 heterocycles. The minimum absolute atomic E-state index is 0.0272. The second-order valence-electron chi connectivity index (χ2n) is 4.52. The highest BCUT2D eigenvalue weighted by molar-refractivity contribution is 5.74. The van der Waals surface area contributed by atoms with E-state index in [9.17, 15) is 4.79 Å². The molecule has 2 rings (SSSR count). The molecule has 3 N–H and O–H groups in total. The first-order valence-electron chi connectivity index (χ1n) is 5.71. The summed E-state index contributed by atoms with van der Waals surface area (Å²) in [4.78, 5) is 13.7. The van der Waals surface area contributed by atoms with E-state index in [1.807, 2.05) is 7.05 Å². The number of likely N-dealkylation sites (tertiary alicyclic amines) is 1. The van der Waals surface area contributed by atoms with Gasteiger partial charge in [0.15, 0.2) is 0 Å². The van der Waals surface area contributed by atoms with Gasteiger partial charge in [-0.25, -0.2) is 4.79 Å². The van der Waals surface area contributed by atoms with Crippen molar-refractivity contribution in [1.82, 2.24) is 20.9 Å². The number of rotatable bonds is 3. The van der Waals surface area contributed by atoms with Crippen molar-refractivity contribution < 1.29 is 4.79 Å². The Morgan fingerprint density at radius 2 is 2.33 bits per heavy atom. The predicted molar refractivity (Wildman–Crippen MR) is 58.5 cm³/mol. The fraction of sp³-hybridized carbons (Fsp3) is 0.900. The summed E-state index contributed by atoms with van der Waals surface area (Å²) in [5.41, 5.74) is 0. The molecule has 0 bridgehead atoms. The molecule has 1 atom stereocenters. The zero-order valence-corrected chi connectivity index (χ0v) is 9.25. The molecule has 5 nitrogen and oxygen atoms in total. The second-order valence-corrected chi connectivity index (χ2v) is 4.52. The molecule has 0 saturated carbocycles. The Morgan fingerprint density at radius 3 is 2.87 bits per heavy atom. The lowest BCUT2D eigenvalue weighted by Gasteiger charge is -2.28. The summed E-state index contributed by atoms with van der Waals surface area (Å²) in [6.45, 7) is 3.93. The predicted octanol–water partition coefficient (Wildman–Crippen LogP) is -0.443. The number of urea groups is 1.